The average Bonchev–Trinajstić information content (AvgIpc) is 2.18. The molecule has 14 heavy (non-hydrogen) atoms. The number of piperazine rings is 1. The fourth-order valence-electron chi connectivity index (χ4n) is 1.67. The van der Waals surface area contributed by atoms with E-state index in [9.17, 15) is 4.79 Å². The van der Waals surface area contributed by atoms with Gasteiger partial charge in [0.15, 0.2) is 0 Å². The number of likely N-dealkylation sites (N-methyl/N-ethyl adjacent to an activating group) is 1. The Labute approximate surface area is 85.6 Å². The molecule has 0 saturated carbocycles. The normalized spacial score (nSPS) is 23.1. The lowest BCUT2D eigenvalue weighted by molar-refractivity contribution is -0.134. The van der Waals surface area contributed by atoms with Crippen LogP contribution in [0, 0.1) is 0 Å². The van der Waals surface area contributed by atoms with Gasteiger partial charge in [-0.3, -0.25) is 9.69 Å². The van der Waals surface area contributed by atoms with Crippen LogP contribution in [-0.4, -0.2) is 62.0 Å². The van der Waals surface area contributed by atoms with E-state index in [-0.39, 0.29) is 11.9 Å². The summed E-state index contributed by atoms with van der Waals surface area (Å²) in [4.78, 5) is 15.6. The minimum absolute atomic E-state index is 0.0308. The Kier molecular flexibility index (Phi) is 4.10. The number of amides is 1. The first kappa shape index (κ1) is 11.2. The molecule has 1 aliphatic heterocycles. The number of hydrogen-bond acceptors (Lipinski definition) is 3. The average molecular weight is 197 g/mol. The molecule has 1 rings (SSSR count). The Morgan fingerprint density at radius 2 is 2.43 bits per heavy atom. The Morgan fingerprint density at radius 1 is 1.71 bits per heavy atom. The van der Waals surface area contributed by atoms with Crippen molar-refractivity contribution in [2.75, 3.05) is 40.3 Å². The van der Waals surface area contributed by atoms with Crippen molar-refractivity contribution in [1.82, 2.24) is 15.1 Å². The zero-order chi connectivity index (χ0) is 10.6. The molecule has 0 aromatic heterocycles. The lowest BCUT2D eigenvalue weighted by Crippen LogP contribution is -2.57. The SMILES string of the molecule is C=CCN1CCNCC1C(=O)N(C)C. The van der Waals surface area contributed by atoms with E-state index in [0.29, 0.717) is 0 Å². The van der Waals surface area contributed by atoms with Gasteiger partial charge >= 0.3 is 0 Å². The van der Waals surface area contributed by atoms with Crippen molar-refractivity contribution >= 4 is 5.91 Å². The van der Waals surface area contributed by atoms with Crippen molar-refractivity contribution < 1.29 is 4.79 Å². The summed E-state index contributed by atoms with van der Waals surface area (Å²) in [5.74, 6) is 0.166. The van der Waals surface area contributed by atoms with Crippen LogP contribution in [0.25, 0.3) is 0 Å². The van der Waals surface area contributed by atoms with Crippen LogP contribution in [0.2, 0.25) is 0 Å². The first-order valence-corrected chi connectivity index (χ1v) is 4.93. The van der Waals surface area contributed by atoms with Gasteiger partial charge in [-0.1, -0.05) is 6.08 Å². The number of nitrogens with one attached hydrogen (secondary N) is 1. The summed E-state index contributed by atoms with van der Waals surface area (Å²) in [6, 6.07) is -0.0308. The van der Waals surface area contributed by atoms with Gasteiger partial charge in [-0.15, -0.1) is 6.58 Å². The second kappa shape index (κ2) is 5.12. The molecular formula is C10H19N3O. The number of hydrogen-bond donors (Lipinski definition) is 1. The zero-order valence-electron chi connectivity index (χ0n) is 8.99. The molecule has 1 aliphatic rings. The Bertz CT molecular complexity index is 215. The molecule has 4 heteroatoms. The first-order chi connectivity index (χ1) is 6.66. The summed E-state index contributed by atoms with van der Waals surface area (Å²) >= 11 is 0. The van der Waals surface area contributed by atoms with Crippen LogP contribution in [0.3, 0.4) is 0 Å². The quantitative estimate of drug-likeness (QED) is 0.622. The molecule has 0 spiro atoms. The topological polar surface area (TPSA) is 35.6 Å². The molecule has 1 atom stereocenters. The monoisotopic (exact) mass is 197 g/mol. The number of rotatable bonds is 3. The van der Waals surface area contributed by atoms with Crippen molar-refractivity contribution in [2.45, 2.75) is 6.04 Å². The van der Waals surface area contributed by atoms with Gasteiger partial charge in [-0.25, -0.2) is 0 Å². The Balaban J connectivity index is 2.61. The third-order valence-electron chi connectivity index (χ3n) is 2.44. The molecule has 1 heterocycles. The summed E-state index contributed by atoms with van der Waals surface area (Å²) < 4.78 is 0. The van der Waals surface area contributed by atoms with Gasteiger partial charge in [-0.05, 0) is 0 Å². The van der Waals surface area contributed by atoms with E-state index in [2.05, 4.69) is 16.8 Å². The van der Waals surface area contributed by atoms with Crippen molar-refractivity contribution in [2.24, 2.45) is 0 Å². The maximum atomic E-state index is 11.8. The molecule has 0 bridgehead atoms. The second-order valence-electron chi connectivity index (χ2n) is 3.74. The van der Waals surface area contributed by atoms with E-state index in [1.54, 1.807) is 19.0 Å². The third-order valence-corrected chi connectivity index (χ3v) is 2.44. The van der Waals surface area contributed by atoms with Crippen molar-refractivity contribution in [3.8, 4) is 0 Å². The third kappa shape index (κ3) is 2.56. The molecule has 0 radical (unpaired) electrons. The van der Waals surface area contributed by atoms with Crippen LogP contribution in [0.5, 0.6) is 0 Å². The molecule has 0 aromatic rings. The van der Waals surface area contributed by atoms with Crippen molar-refractivity contribution in [1.29, 1.82) is 0 Å². The Morgan fingerprint density at radius 3 is 3.00 bits per heavy atom. The fraction of sp³-hybridized carbons (Fsp3) is 0.700. The van der Waals surface area contributed by atoms with Gasteiger partial charge in [0.1, 0.15) is 6.04 Å². The van der Waals surface area contributed by atoms with Crippen LogP contribution in [0.1, 0.15) is 0 Å². The molecule has 1 fully saturated rings. The minimum atomic E-state index is -0.0308. The highest BCUT2D eigenvalue weighted by Gasteiger charge is 2.28. The van der Waals surface area contributed by atoms with Crippen LogP contribution in [0.15, 0.2) is 12.7 Å². The van der Waals surface area contributed by atoms with E-state index < -0.39 is 0 Å². The first-order valence-electron chi connectivity index (χ1n) is 4.93. The van der Waals surface area contributed by atoms with Gasteiger partial charge in [0.25, 0.3) is 0 Å². The van der Waals surface area contributed by atoms with Gasteiger partial charge in [0, 0.05) is 40.3 Å². The molecule has 0 aromatic carbocycles. The fourth-order valence-corrected chi connectivity index (χ4v) is 1.67. The summed E-state index contributed by atoms with van der Waals surface area (Å²) in [6.45, 7) is 7.09. The molecule has 80 valence electrons. The minimum Gasteiger partial charge on any atom is -0.347 e. The largest absolute Gasteiger partial charge is 0.347 e. The summed E-state index contributed by atoms with van der Waals surface area (Å²) in [5.41, 5.74) is 0. The van der Waals surface area contributed by atoms with Crippen molar-refractivity contribution in [3.05, 3.63) is 12.7 Å². The van der Waals surface area contributed by atoms with Crippen molar-refractivity contribution in [3.63, 3.8) is 0 Å². The van der Waals surface area contributed by atoms with Gasteiger partial charge in [0.2, 0.25) is 5.91 Å². The predicted molar refractivity (Wildman–Crippen MR) is 57.1 cm³/mol. The van der Waals surface area contributed by atoms with E-state index >= 15 is 0 Å². The summed E-state index contributed by atoms with van der Waals surface area (Å²) in [6.07, 6.45) is 1.85. The van der Waals surface area contributed by atoms with E-state index in [1.807, 2.05) is 6.08 Å². The maximum Gasteiger partial charge on any atom is 0.240 e. The standard InChI is InChI=1S/C10H19N3O/c1-4-6-13-7-5-11-8-9(13)10(14)12(2)3/h4,9,11H,1,5-8H2,2-3H3. The molecule has 0 aliphatic carbocycles. The number of carbonyl (C=O) groups excluding carboxylic acids is 1. The molecular weight excluding hydrogens is 178 g/mol. The lowest BCUT2D eigenvalue weighted by Gasteiger charge is -2.35. The molecule has 1 unspecified atom stereocenters. The molecule has 1 saturated heterocycles. The molecule has 4 nitrogen and oxygen atoms in total. The highest BCUT2D eigenvalue weighted by molar-refractivity contribution is 5.81. The Hall–Kier alpha value is -0.870. The summed E-state index contributed by atoms with van der Waals surface area (Å²) in [5, 5.41) is 3.24. The number of nitrogens with zero attached hydrogens (tertiary/aromatic N) is 2. The second-order valence-corrected chi connectivity index (χ2v) is 3.74. The van der Waals surface area contributed by atoms with E-state index in [1.165, 1.54) is 0 Å². The molecule has 1 N–H and O–H groups in total. The lowest BCUT2D eigenvalue weighted by atomic mass is 10.1. The van der Waals surface area contributed by atoms with Gasteiger partial charge in [0.05, 0.1) is 0 Å². The summed E-state index contributed by atoms with van der Waals surface area (Å²) in [7, 11) is 3.59. The van der Waals surface area contributed by atoms with E-state index in [4.69, 9.17) is 0 Å². The molecule has 1 amide bonds. The van der Waals surface area contributed by atoms with Gasteiger partial charge in [-0.2, -0.15) is 0 Å². The van der Waals surface area contributed by atoms with Gasteiger partial charge < -0.3 is 10.2 Å². The smallest absolute Gasteiger partial charge is 0.240 e. The number of carbonyl (C=O) groups is 1. The maximum absolute atomic E-state index is 11.8. The van der Waals surface area contributed by atoms with Crippen LogP contribution in [-0.2, 0) is 4.79 Å². The highest BCUT2D eigenvalue weighted by atomic mass is 16.2. The van der Waals surface area contributed by atoms with Crippen LogP contribution >= 0.6 is 0 Å². The predicted octanol–water partition coefficient (Wildman–Crippen LogP) is -0.466. The zero-order valence-corrected chi connectivity index (χ0v) is 8.99. The highest BCUT2D eigenvalue weighted by Crippen LogP contribution is 2.05. The van der Waals surface area contributed by atoms with Crippen LogP contribution < -0.4 is 5.32 Å². The van der Waals surface area contributed by atoms with E-state index in [0.717, 1.165) is 26.2 Å². The van der Waals surface area contributed by atoms with Crippen LogP contribution in [0.4, 0.5) is 0 Å².